The topological polar surface area (TPSA) is 46.6 Å². The SMILES string of the molecule is CCC(C)C(=O)SCCCCCOc1cc(=O)sc2c(N(CC)CC)cccc12. The van der Waals surface area contributed by atoms with Gasteiger partial charge in [0.05, 0.1) is 17.0 Å². The van der Waals surface area contributed by atoms with Crippen molar-refractivity contribution >= 4 is 44.0 Å². The first-order valence-electron chi connectivity index (χ1n) is 10.6. The summed E-state index contributed by atoms with van der Waals surface area (Å²) in [7, 11) is 0. The van der Waals surface area contributed by atoms with E-state index < -0.39 is 0 Å². The Morgan fingerprint density at radius 2 is 1.93 bits per heavy atom. The van der Waals surface area contributed by atoms with Crippen molar-refractivity contribution in [1.82, 2.24) is 0 Å². The number of carbonyl (C=O) groups excluding carboxylic acids is 1. The molecule has 160 valence electrons. The highest BCUT2D eigenvalue weighted by Crippen LogP contribution is 2.34. The van der Waals surface area contributed by atoms with Crippen LogP contribution in [0.2, 0.25) is 0 Å². The predicted molar refractivity (Wildman–Crippen MR) is 128 cm³/mol. The molecule has 1 aromatic carbocycles. The van der Waals surface area contributed by atoms with Gasteiger partial charge in [-0.1, -0.05) is 43.0 Å². The maximum atomic E-state index is 12.3. The molecular formula is C23H33NO3S2. The van der Waals surface area contributed by atoms with Gasteiger partial charge in [0, 0.05) is 36.2 Å². The Morgan fingerprint density at radius 3 is 2.62 bits per heavy atom. The average Bonchev–Trinajstić information content (AvgIpc) is 2.73. The molecule has 0 aliphatic carbocycles. The van der Waals surface area contributed by atoms with Crippen molar-refractivity contribution in [3.63, 3.8) is 0 Å². The van der Waals surface area contributed by atoms with Crippen LogP contribution in [0.4, 0.5) is 5.69 Å². The molecule has 0 bridgehead atoms. The third-order valence-corrected chi connectivity index (χ3v) is 7.25. The molecule has 0 radical (unpaired) electrons. The molecule has 29 heavy (non-hydrogen) atoms. The van der Waals surface area contributed by atoms with Gasteiger partial charge in [-0.05, 0) is 51.7 Å². The Morgan fingerprint density at radius 1 is 1.17 bits per heavy atom. The van der Waals surface area contributed by atoms with Gasteiger partial charge in [0.2, 0.25) is 4.74 Å². The highest BCUT2D eigenvalue weighted by Gasteiger charge is 2.13. The van der Waals surface area contributed by atoms with Crippen LogP contribution in [0.1, 0.15) is 53.4 Å². The summed E-state index contributed by atoms with van der Waals surface area (Å²) in [4.78, 5) is 26.4. The van der Waals surface area contributed by atoms with Gasteiger partial charge >= 0.3 is 0 Å². The number of anilines is 1. The van der Waals surface area contributed by atoms with Gasteiger partial charge in [-0.15, -0.1) is 0 Å². The third-order valence-electron chi connectivity index (χ3n) is 5.12. The number of carbonyl (C=O) groups is 1. The van der Waals surface area contributed by atoms with E-state index in [1.54, 1.807) is 6.07 Å². The van der Waals surface area contributed by atoms with Crippen LogP contribution in [0.3, 0.4) is 0 Å². The Balaban J connectivity index is 1.93. The Kier molecular flexibility index (Phi) is 10.0. The van der Waals surface area contributed by atoms with E-state index in [1.165, 1.54) is 23.1 Å². The lowest BCUT2D eigenvalue weighted by Crippen LogP contribution is -2.22. The van der Waals surface area contributed by atoms with Crippen LogP contribution in [0.15, 0.2) is 29.1 Å². The van der Waals surface area contributed by atoms with Crippen molar-refractivity contribution in [3.8, 4) is 5.75 Å². The van der Waals surface area contributed by atoms with Gasteiger partial charge < -0.3 is 9.64 Å². The number of benzene rings is 1. The molecule has 1 atom stereocenters. The lowest BCUT2D eigenvalue weighted by atomic mass is 10.1. The molecule has 0 aliphatic heterocycles. The summed E-state index contributed by atoms with van der Waals surface area (Å²) >= 11 is 2.74. The van der Waals surface area contributed by atoms with Gasteiger partial charge in [-0.2, -0.15) is 0 Å². The van der Waals surface area contributed by atoms with Gasteiger partial charge in [-0.25, -0.2) is 0 Å². The van der Waals surface area contributed by atoms with E-state index in [4.69, 9.17) is 4.74 Å². The van der Waals surface area contributed by atoms with Gasteiger partial charge in [-0.3, -0.25) is 9.59 Å². The second-order valence-electron chi connectivity index (χ2n) is 7.14. The Labute approximate surface area is 182 Å². The molecule has 1 aromatic heterocycles. The molecule has 6 heteroatoms. The number of hydrogen-bond donors (Lipinski definition) is 0. The monoisotopic (exact) mass is 435 g/mol. The standard InChI is InChI=1S/C23H33NO3S2/c1-5-17(4)23(26)28-15-10-8-9-14-27-20-16-21(25)29-22-18(20)12-11-13-19(22)24(6-2)7-3/h11-13,16-17H,5-10,14-15H2,1-4H3. The molecule has 0 saturated carbocycles. The van der Waals surface area contributed by atoms with E-state index in [0.29, 0.717) is 17.5 Å². The molecule has 0 amide bonds. The fourth-order valence-corrected chi connectivity index (χ4v) is 5.07. The van der Waals surface area contributed by atoms with E-state index in [0.717, 1.165) is 60.3 Å². The normalized spacial score (nSPS) is 12.1. The van der Waals surface area contributed by atoms with Crippen molar-refractivity contribution in [1.29, 1.82) is 0 Å². The Bertz CT molecular complexity index is 846. The highest BCUT2D eigenvalue weighted by atomic mass is 32.2. The first-order valence-corrected chi connectivity index (χ1v) is 12.4. The maximum Gasteiger partial charge on any atom is 0.236 e. The number of rotatable bonds is 12. The molecule has 0 fully saturated rings. The number of fused-ring (bicyclic) bond motifs is 1. The van der Waals surface area contributed by atoms with Crippen molar-refractivity contribution in [2.45, 2.75) is 53.4 Å². The van der Waals surface area contributed by atoms with Gasteiger partial charge in [0.1, 0.15) is 5.75 Å². The minimum atomic E-state index is 0.0204. The minimum absolute atomic E-state index is 0.0204. The second kappa shape index (κ2) is 12.2. The average molecular weight is 436 g/mol. The number of ether oxygens (including phenoxy) is 1. The van der Waals surface area contributed by atoms with Crippen LogP contribution in [0.25, 0.3) is 10.1 Å². The van der Waals surface area contributed by atoms with Crippen molar-refractivity contribution in [2.75, 3.05) is 30.3 Å². The molecule has 0 aliphatic rings. The summed E-state index contributed by atoms with van der Waals surface area (Å²) < 4.78 is 7.02. The molecule has 2 rings (SSSR count). The molecule has 0 spiro atoms. The molecule has 0 saturated heterocycles. The summed E-state index contributed by atoms with van der Waals surface area (Å²) in [5.74, 6) is 1.70. The van der Waals surface area contributed by atoms with Crippen LogP contribution in [-0.4, -0.2) is 30.6 Å². The minimum Gasteiger partial charge on any atom is -0.493 e. The summed E-state index contributed by atoms with van der Waals surface area (Å²) in [6.07, 6.45) is 3.85. The number of hydrogen-bond acceptors (Lipinski definition) is 6. The van der Waals surface area contributed by atoms with Gasteiger partial charge in [0.15, 0.2) is 5.12 Å². The largest absolute Gasteiger partial charge is 0.493 e. The lowest BCUT2D eigenvalue weighted by Gasteiger charge is -2.22. The predicted octanol–water partition coefficient (Wildman–Crippen LogP) is 5.96. The summed E-state index contributed by atoms with van der Waals surface area (Å²) in [5.41, 5.74) is 1.10. The quantitative estimate of drug-likeness (QED) is 0.385. The fraction of sp³-hybridized carbons (Fsp3) is 0.565. The van der Waals surface area contributed by atoms with E-state index in [9.17, 15) is 9.59 Å². The lowest BCUT2D eigenvalue weighted by molar-refractivity contribution is -0.113. The first kappa shape index (κ1) is 23.7. The van der Waals surface area contributed by atoms with Crippen LogP contribution in [0.5, 0.6) is 5.75 Å². The molecule has 0 N–H and O–H groups in total. The Hall–Kier alpha value is -1.53. The molecular weight excluding hydrogens is 402 g/mol. The fourth-order valence-electron chi connectivity index (χ4n) is 3.12. The maximum absolute atomic E-state index is 12.3. The zero-order chi connectivity index (χ0) is 21.2. The first-order chi connectivity index (χ1) is 14.0. The number of unbranched alkanes of at least 4 members (excludes halogenated alkanes) is 2. The summed E-state index contributed by atoms with van der Waals surface area (Å²) in [6.45, 7) is 10.7. The zero-order valence-electron chi connectivity index (χ0n) is 18.0. The van der Waals surface area contributed by atoms with Crippen LogP contribution < -0.4 is 14.4 Å². The van der Waals surface area contributed by atoms with E-state index in [2.05, 4.69) is 24.8 Å². The van der Waals surface area contributed by atoms with E-state index in [-0.39, 0.29) is 10.7 Å². The highest BCUT2D eigenvalue weighted by molar-refractivity contribution is 8.13. The van der Waals surface area contributed by atoms with Gasteiger partial charge in [0.25, 0.3) is 0 Å². The van der Waals surface area contributed by atoms with E-state index >= 15 is 0 Å². The number of thioether (sulfide) groups is 1. The number of nitrogens with zero attached hydrogens (tertiary/aromatic N) is 1. The van der Waals surface area contributed by atoms with Crippen molar-refractivity contribution in [3.05, 3.63) is 33.8 Å². The second-order valence-corrected chi connectivity index (χ2v) is 9.26. The molecule has 2 aromatic rings. The zero-order valence-corrected chi connectivity index (χ0v) is 19.7. The smallest absolute Gasteiger partial charge is 0.236 e. The summed E-state index contributed by atoms with van der Waals surface area (Å²) in [6, 6.07) is 7.75. The molecule has 1 unspecified atom stereocenters. The molecule has 1 heterocycles. The van der Waals surface area contributed by atoms with E-state index in [1.807, 2.05) is 26.0 Å². The van der Waals surface area contributed by atoms with Crippen molar-refractivity contribution < 1.29 is 9.53 Å². The third kappa shape index (κ3) is 6.75. The molecule has 4 nitrogen and oxygen atoms in total. The van der Waals surface area contributed by atoms with Crippen LogP contribution >= 0.6 is 23.1 Å². The summed E-state index contributed by atoms with van der Waals surface area (Å²) in [5, 5.41) is 1.31. The van der Waals surface area contributed by atoms with Crippen molar-refractivity contribution in [2.24, 2.45) is 5.92 Å². The van der Waals surface area contributed by atoms with Crippen LogP contribution in [0, 0.1) is 5.92 Å². The van der Waals surface area contributed by atoms with Crippen LogP contribution in [-0.2, 0) is 4.79 Å².